The zero-order valence-electron chi connectivity index (χ0n) is 17.8. The van der Waals surface area contributed by atoms with Crippen molar-refractivity contribution in [3.63, 3.8) is 0 Å². The predicted octanol–water partition coefficient (Wildman–Crippen LogP) is 3.39. The second-order valence-corrected chi connectivity index (χ2v) is 7.30. The van der Waals surface area contributed by atoms with E-state index in [0.717, 1.165) is 73.4 Å². The van der Waals surface area contributed by atoms with Crippen molar-refractivity contribution >= 4 is 17.0 Å². The van der Waals surface area contributed by atoms with Gasteiger partial charge in [0.25, 0.3) is 0 Å². The lowest BCUT2D eigenvalue weighted by molar-refractivity contribution is 0.0366. The predicted molar refractivity (Wildman–Crippen MR) is 118 cm³/mol. The van der Waals surface area contributed by atoms with E-state index in [2.05, 4.69) is 39.0 Å². The Morgan fingerprint density at radius 1 is 1.07 bits per heavy atom. The van der Waals surface area contributed by atoms with Crippen LogP contribution in [0.5, 0.6) is 11.5 Å². The van der Waals surface area contributed by atoms with Crippen molar-refractivity contribution in [1.82, 2.24) is 14.5 Å². The summed E-state index contributed by atoms with van der Waals surface area (Å²) < 4.78 is 18.8. The van der Waals surface area contributed by atoms with Gasteiger partial charge in [-0.25, -0.2) is 4.98 Å². The highest BCUT2D eigenvalue weighted by Crippen LogP contribution is 2.28. The summed E-state index contributed by atoms with van der Waals surface area (Å²) >= 11 is 0. The Morgan fingerprint density at radius 3 is 2.70 bits per heavy atom. The molecular formula is C23H30N4O3. The Hall–Kier alpha value is -2.77. The molecule has 1 aliphatic rings. The van der Waals surface area contributed by atoms with Crippen LogP contribution >= 0.6 is 0 Å². The second-order valence-electron chi connectivity index (χ2n) is 7.30. The summed E-state index contributed by atoms with van der Waals surface area (Å²) in [7, 11) is 1.67. The van der Waals surface area contributed by atoms with Gasteiger partial charge in [-0.1, -0.05) is 18.2 Å². The maximum absolute atomic E-state index is 5.62. The van der Waals surface area contributed by atoms with Crippen molar-refractivity contribution in [3.05, 3.63) is 48.0 Å². The normalized spacial score (nSPS) is 14.7. The Kier molecular flexibility index (Phi) is 6.71. The Bertz CT molecular complexity index is 966. The topological polar surface area (TPSA) is 60.8 Å². The zero-order valence-corrected chi connectivity index (χ0v) is 17.8. The summed E-state index contributed by atoms with van der Waals surface area (Å²) in [5, 5.41) is 3.52. The van der Waals surface area contributed by atoms with Crippen LogP contribution in [0.15, 0.2) is 42.5 Å². The molecule has 0 atom stereocenters. The van der Waals surface area contributed by atoms with Gasteiger partial charge in [-0.15, -0.1) is 0 Å². The minimum atomic E-state index is 0.612. The first-order valence-electron chi connectivity index (χ1n) is 10.6. The van der Waals surface area contributed by atoms with Crippen LogP contribution in [-0.4, -0.2) is 61.0 Å². The molecule has 0 bridgehead atoms. The molecule has 0 unspecified atom stereocenters. The van der Waals surface area contributed by atoms with E-state index in [0.29, 0.717) is 13.2 Å². The Morgan fingerprint density at radius 2 is 1.90 bits per heavy atom. The molecule has 0 amide bonds. The van der Waals surface area contributed by atoms with Gasteiger partial charge in [0.15, 0.2) is 11.5 Å². The monoisotopic (exact) mass is 410 g/mol. The smallest absolute Gasteiger partial charge is 0.204 e. The minimum Gasteiger partial charge on any atom is -0.493 e. The summed E-state index contributed by atoms with van der Waals surface area (Å²) in [5.41, 5.74) is 3.27. The number of nitrogens with one attached hydrogen (secondary N) is 1. The molecule has 0 saturated carbocycles. The van der Waals surface area contributed by atoms with Gasteiger partial charge >= 0.3 is 0 Å². The number of nitrogens with zero attached hydrogens (tertiary/aromatic N) is 3. The van der Waals surface area contributed by atoms with Gasteiger partial charge in [0, 0.05) is 32.7 Å². The summed E-state index contributed by atoms with van der Waals surface area (Å²) in [6.07, 6.45) is 0. The van der Waals surface area contributed by atoms with E-state index in [1.165, 1.54) is 0 Å². The third-order valence-electron chi connectivity index (χ3n) is 5.38. The van der Waals surface area contributed by atoms with Gasteiger partial charge in [-0.3, -0.25) is 4.90 Å². The number of rotatable bonds is 9. The molecule has 3 aromatic rings. The molecule has 1 aliphatic heterocycles. The number of benzene rings is 2. The number of morpholine rings is 1. The summed E-state index contributed by atoms with van der Waals surface area (Å²) in [6, 6.07) is 14.3. The van der Waals surface area contributed by atoms with Crippen molar-refractivity contribution in [2.24, 2.45) is 0 Å². The maximum Gasteiger partial charge on any atom is 0.204 e. The van der Waals surface area contributed by atoms with Crippen LogP contribution in [0.25, 0.3) is 11.0 Å². The average Bonchev–Trinajstić information content (AvgIpc) is 3.15. The number of anilines is 1. The molecule has 2 heterocycles. The number of hydrogen-bond acceptors (Lipinski definition) is 6. The quantitative estimate of drug-likeness (QED) is 0.584. The van der Waals surface area contributed by atoms with E-state index in [-0.39, 0.29) is 0 Å². The van der Waals surface area contributed by atoms with Crippen molar-refractivity contribution in [2.45, 2.75) is 20.0 Å². The molecule has 0 radical (unpaired) electrons. The fraction of sp³-hybridized carbons (Fsp3) is 0.435. The number of ether oxygens (including phenoxy) is 3. The highest BCUT2D eigenvalue weighted by atomic mass is 16.5. The van der Waals surface area contributed by atoms with Crippen molar-refractivity contribution in [2.75, 3.05) is 51.9 Å². The summed E-state index contributed by atoms with van der Waals surface area (Å²) in [4.78, 5) is 7.28. The fourth-order valence-electron chi connectivity index (χ4n) is 3.78. The van der Waals surface area contributed by atoms with Crippen LogP contribution < -0.4 is 14.8 Å². The molecule has 4 rings (SSSR count). The van der Waals surface area contributed by atoms with Crippen molar-refractivity contribution in [3.8, 4) is 11.5 Å². The van der Waals surface area contributed by atoms with Gasteiger partial charge in [0.05, 0.1) is 38.0 Å². The third-order valence-corrected chi connectivity index (χ3v) is 5.38. The molecule has 1 saturated heterocycles. The SMILES string of the molecule is CCOc1ccc(CNc2nc3ccccc3n2CCN2CCOCC2)cc1OC. The molecule has 0 aliphatic carbocycles. The van der Waals surface area contributed by atoms with Crippen LogP contribution in [0.3, 0.4) is 0 Å². The van der Waals surface area contributed by atoms with Crippen molar-refractivity contribution < 1.29 is 14.2 Å². The molecule has 0 spiro atoms. The average molecular weight is 411 g/mol. The first-order valence-corrected chi connectivity index (χ1v) is 10.6. The number of methoxy groups -OCH3 is 1. The Labute approximate surface area is 177 Å². The van der Waals surface area contributed by atoms with Crippen LogP contribution in [0, 0.1) is 0 Å². The number of aromatic nitrogens is 2. The first-order chi connectivity index (χ1) is 14.8. The third kappa shape index (κ3) is 4.68. The molecule has 2 aromatic carbocycles. The second kappa shape index (κ2) is 9.82. The van der Waals surface area contributed by atoms with E-state index in [4.69, 9.17) is 19.2 Å². The zero-order chi connectivity index (χ0) is 20.8. The molecule has 160 valence electrons. The molecule has 1 N–H and O–H groups in total. The number of hydrogen-bond donors (Lipinski definition) is 1. The fourth-order valence-corrected chi connectivity index (χ4v) is 3.78. The molecule has 7 heteroatoms. The van der Waals surface area contributed by atoms with Crippen molar-refractivity contribution in [1.29, 1.82) is 0 Å². The Balaban J connectivity index is 1.50. The lowest BCUT2D eigenvalue weighted by Crippen LogP contribution is -2.38. The van der Waals surface area contributed by atoms with Gasteiger partial charge in [0.2, 0.25) is 5.95 Å². The molecule has 30 heavy (non-hydrogen) atoms. The molecular weight excluding hydrogens is 380 g/mol. The molecule has 1 aromatic heterocycles. The van der Waals surface area contributed by atoms with Gasteiger partial charge in [-0.2, -0.15) is 0 Å². The van der Waals surface area contributed by atoms with E-state index in [1.54, 1.807) is 7.11 Å². The van der Waals surface area contributed by atoms with Crippen LogP contribution in [0.1, 0.15) is 12.5 Å². The molecule has 7 nitrogen and oxygen atoms in total. The molecule has 1 fully saturated rings. The number of imidazole rings is 1. The highest BCUT2D eigenvalue weighted by molar-refractivity contribution is 5.78. The van der Waals surface area contributed by atoms with E-state index >= 15 is 0 Å². The summed E-state index contributed by atoms with van der Waals surface area (Å²) in [5.74, 6) is 2.40. The van der Waals surface area contributed by atoms with Crippen LogP contribution in [0.4, 0.5) is 5.95 Å². The summed E-state index contributed by atoms with van der Waals surface area (Å²) in [6.45, 7) is 8.71. The van der Waals surface area contributed by atoms with E-state index in [1.807, 2.05) is 25.1 Å². The minimum absolute atomic E-state index is 0.612. The van der Waals surface area contributed by atoms with E-state index < -0.39 is 0 Å². The van der Waals surface area contributed by atoms with Gasteiger partial charge in [0.1, 0.15) is 0 Å². The van der Waals surface area contributed by atoms with Gasteiger partial charge in [-0.05, 0) is 36.8 Å². The number of fused-ring (bicyclic) bond motifs is 1. The number of para-hydroxylation sites is 2. The standard InChI is InChI=1S/C23H30N4O3/c1-3-30-21-9-8-18(16-22(21)28-2)17-24-23-25-19-6-4-5-7-20(19)27(23)11-10-26-12-14-29-15-13-26/h4-9,16H,3,10-15,17H2,1-2H3,(H,24,25). The lowest BCUT2D eigenvalue weighted by atomic mass is 10.2. The highest BCUT2D eigenvalue weighted by Gasteiger charge is 2.14. The largest absolute Gasteiger partial charge is 0.493 e. The first kappa shape index (κ1) is 20.5. The maximum atomic E-state index is 5.62. The van der Waals surface area contributed by atoms with Crippen LogP contribution in [0.2, 0.25) is 0 Å². The van der Waals surface area contributed by atoms with Gasteiger partial charge < -0.3 is 24.1 Å². The van der Waals surface area contributed by atoms with Crippen LogP contribution in [-0.2, 0) is 17.8 Å². The lowest BCUT2D eigenvalue weighted by Gasteiger charge is -2.27. The van der Waals surface area contributed by atoms with E-state index in [9.17, 15) is 0 Å².